The van der Waals surface area contributed by atoms with Gasteiger partial charge in [0.2, 0.25) is 5.91 Å². The van der Waals surface area contributed by atoms with Gasteiger partial charge in [-0.2, -0.15) is 0 Å². The molecule has 3 aromatic carbocycles. The Morgan fingerprint density at radius 2 is 1.65 bits per heavy atom. The van der Waals surface area contributed by atoms with Crippen LogP contribution in [0.25, 0.3) is 0 Å². The van der Waals surface area contributed by atoms with Crippen LogP contribution in [0.2, 0.25) is 0 Å². The van der Waals surface area contributed by atoms with E-state index in [2.05, 4.69) is 5.32 Å². The summed E-state index contributed by atoms with van der Waals surface area (Å²) < 4.78 is 50.9. The number of rotatable bonds is 7. The highest BCUT2D eigenvalue weighted by Crippen LogP contribution is 2.54. The number of carbonyl (C=O) groups excluding carboxylic acids is 1. The monoisotopic (exact) mass is 509 g/mol. The lowest BCUT2D eigenvalue weighted by Gasteiger charge is -2.47. The van der Waals surface area contributed by atoms with Crippen molar-refractivity contribution in [3.05, 3.63) is 83.4 Å². The van der Waals surface area contributed by atoms with Gasteiger partial charge < -0.3 is 24.3 Å². The molecule has 37 heavy (non-hydrogen) atoms. The van der Waals surface area contributed by atoms with E-state index in [-0.39, 0.29) is 0 Å². The summed E-state index contributed by atoms with van der Waals surface area (Å²) in [5, 5.41) is 3.09. The molecule has 0 radical (unpaired) electrons. The smallest absolute Gasteiger partial charge is 0.250 e. The molecule has 2 atom stereocenters. The van der Waals surface area contributed by atoms with Gasteiger partial charge in [0.25, 0.3) is 5.92 Å². The normalized spacial score (nSPS) is 21.0. The van der Waals surface area contributed by atoms with Crippen LogP contribution in [-0.4, -0.2) is 33.2 Å². The Labute approximate surface area is 214 Å². The molecule has 5 rings (SSSR count). The molecule has 0 saturated heterocycles. The predicted molar refractivity (Wildman–Crippen MR) is 134 cm³/mol. The first kappa shape index (κ1) is 24.9. The zero-order valence-corrected chi connectivity index (χ0v) is 20.9. The molecule has 2 aliphatic rings. The van der Waals surface area contributed by atoms with Crippen LogP contribution in [0.1, 0.15) is 48.1 Å². The topological polar surface area (TPSA) is 66.0 Å². The van der Waals surface area contributed by atoms with Crippen LogP contribution in [0.15, 0.2) is 66.7 Å². The summed E-state index contributed by atoms with van der Waals surface area (Å²) in [6.07, 6.45) is -1.07. The van der Waals surface area contributed by atoms with E-state index in [0.29, 0.717) is 35.0 Å². The number of carbonyl (C=O) groups is 1. The minimum atomic E-state index is -2.88. The van der Waals surface area contributed by atoms with Crippen LogP contribution in [0.5, 0.6) is 23.0 Å². The Hall–Kier alpha value is -3.81. The largest absolute Gasteiger partial charge is 0.497 e. The van der Waals surface area contributed by atoms with Gasteiger partial charge in [-0.25, -0.2) is 8.78 Å². The van der Waals surface area contributed by atoms with Crippen LogP contribution < -0.4 is 24.3 Å². The maximum absolute atomic E-state index is 14.2. The third-order valence-electron chi connectivity index (χ3n) is 7.28. The van der Waals surface area contributed by atoms with E-state index in [9.17, 15) is 13.6 Å². The molecule has 1 amide bonds. The van der Waals surface area contributed by atoms with Crippen molar-refractivity contribution in [2.24, 2.45) is 0 Å². The van der Waals surface area contributed by atoms with Crippen molar-refractivity contribution in [2.45, 2.75) is 42.7 Å². The van der Waals surface area contributed by atoms with Crippen LogP contribution in [0.3, 0.4) is 0 Å². The standard InChI is InChI=1S/C29H29F2NO5/c1-34-20-10-11-21-22(32-27(33)28(16-29(30,31)17-28)19-7-5-4-6-8-19)15-24(37-25(21)14-20)18-9-12-23(35-2)26(13-18)36-3/h4-14,22,24H,15-17H2,1-3H3,(H,32,33)/t22?,24-/m0/s1. The van der Waals surface area contributed by atoms with Crippen molar-refractivity contribution in [3.8, 4) is 23.0 Å². The first-order chi connectivity index (χ1) is 17.8. The molecular formula is C29H29F2NO5. The first-order valence-corrected chi connectivity index (χ1v) is 12.1. The summed E-state index contributed by atoms with van der Waals surface area (Å²) in [4.78, 5) is 13.7. The molecular weight excluding hydrogens is 480 g/mol. The minimum Gasteiger partial charge on any atom is -0.497 e. The molecule has 1 unspecified atom stereocenters. The molecule has 0 spiro atoms. The predicted octanol–water partition coefficient (Wildman–Crippen LogP) is 5.76. The average molecular weight is 510 g/mol. The molecule has 0 aromatic heterocycles. The molecule has 6 nitrogen and oxygen atoms in total. The Bertz CT molecular complexity index is 1290. The number of alkyl halides is 2. The fourth-order valence-corrected chi connectivity index (χ4v) is 5.35. The quantitative estimate of drug-likeness (QED) is 0.439. The van der Waals surface area contributed by atoms with Gasteiger partial charge in [0.05, 0.1) is 32.8 Å². The summed E-state index contributed by atoms with van der Waals surface area (Å²) in [5.74, 6) is -0.981. The van der Waals surface area contributed by atoms with E-state index in [0.717, 1.165) is 11.1 Å². The number of halogens is 2. The molecule has 1 aliphatic carbocycles. The molecule has 194 valence electrons. The SMILES string of the molecule is COc1ccc2c(c1)O[C@H](c1ccc(OC)c(OC)c1)CC2NC(=O)C1(c2ccccc2)CC(F)(F)C1. The van der Waals surface area contributed by atoms with Crippen molar-refractivity contribution in [1.82, 2.24) is 5.32 Å². The number of nitrogens with one attached hydrogen (secondary N) is 1. The van der Waals surface area contributed by atoms with E-state index in [1.54, 1.807) is 63.8 Å². The van der Waals surface area contributed by atoms with Gasteiger partial charge in [0.1, 0.15) is 17.6 Å². The van der Waals surface area contributed by atoms with Crippen molar-refractivity contribution >= 4 is 5.91 Å². The summed E-state index contributed by atoms with van der Waals surface area (Å²) in [6, 6.07) is 19.3. The van der Waals surface area contributed by atoms with Crippen molar-refractivity contribution in [1.29, 1.82) is 0 Å². The second kappa shape index (κ2) is 9.57. The van der Waals surface area contributed by atoms with Crippen molar-refractivity contribution in [3.63, 3.8) is 0 Å². The molecule has 1 saturated carbocycles. The van der Waals surface area contributed by atoms with E-state index < -0.39 is 42.2 Å². The van der Waals surface area contributed by atoms with Crippen molar-refractivity contribution < 1.29 is 32.5 Å². The summed E-state index contributed by atoms with van der Waals surface area (Å²) in [5.41, 5.74) is 0.907. The zero-order chi connectivity index (χ0) is 26.2. The third kappa shape index (κ3) is 4.56. The van der Waals surface area contributed by atoms with Gasteiger partial charge in [-0.1, -0.05) is 36.4 Å². The Kier molecular flexibility index (Phi) is 6.43. The molecule has 0 bridgehead atoms. The van der Waals surface area contributed by atoms with E-state index >= 15 is 0 Å². The Morgan fingerprint density at radius 3 is 2.30 bits per heavy atom. The highest BCUT2D eigenvalue weighted by Gasteiger charge is 2.61. The fraction of sp³-hybridized carbons (Fsp3) is 0.345. The van der Waals surface area contributed by atoms with Crippen LogP contribution >= 0.6 is 0 Å². The lowest BCUT2D eigenvalue weighted by Crippen LogP contribution is -2.58. The second-order valence-electron chi connectivity index (χ2n) is 9.54. The van der Waals surface area contributed by atoms with Gasteiger partial charge in [-0.15, -0.1) is 0 Å². The Morgan fingerprint density at radius 1 is 0.919 bits per heavy atom. The van der Waals surface area contributed by atoms with Crippen LogP contribution in [0.4, 0.5) is 8.78 Å². The fourth-order valence-electron chi connectivity index (χ4n) is 5.35. The number of hydrogen-bond acceptors (Lipinski definition) is 5. The molecule has 1 fully saturated rings. The zero-order valence-electron chi connectivity index (χ0n) is 20.9. The van der Waals surface area contributed by atoms with Gasteiger partial charge in [0, 0.05) is 30.9 Å². The number of ether oxygens (including phenoxy) is 4. The maximum atomic E-state index is 14.2. The van der Waals surface area contributed by atoms with E-state index in [1.165, 1.54) is 0 Å². The second-order valence-corrected chi connectivity index (χ2v) is 9.54. The molecule has 1 heterocycles. The number of amides is 1. The van der Waals surface area contributed by atoms with E-state index in [1.807, 2.05) is 24.3 Å². The number of hydrogen-bond donors (Lipinski definition) is 1. The third-order valence-corrected chi connectivity index (χ3v) is 7.28. The summed E-state index contributed by atoms with van der Waals surface area (Å²) in [7, 11) is 4.69. The van der Waals surface area contributed by atoms with Gasteiger partial charge in [0.15, 0.2) is 11.5 Å². The first-order valence-electron chi connectivity index (χ1n) is 12.1. The number of fused-ring (bicyclic) bond motifs is 1. The number of benzene rings is 3. The number of methoxy groups -OCH3 is 3. The van der Waals surface area contributed by atoms with Crippen LogP contribution in [-0.2, 0) is 10.2 Å². The summed E-state index contributed by atoms with van der Waals surface area (Å²) >= 11 is 0. The van der Waals surface area contributed by atoms with E-state index in [4.69, 9.17) is 18.9 Å². The van der Waals surface area contributed by atoms with Gasteiger partial charge >= 0.3 is 0 Å². The minimum absolute atomic E-state index is 0.405. The lowest BCUT2D eigenvalue weighted by molar-refractivity contribution is -0.159. The van der Waals surface area contributed by atoms with Crippen molar-refractivity contribution in [2.75, 3.05) is 21.3 Å². The molecule has 3 aromatic rings. The highest BCUT2D eigenvalue weighted by molar-refractivity contribution is 5.90. The molecule has 1 aliphatic heterocycles. The van der Waals surface area contributed by atoms with Gasteiger partial charge in [-0.3, -0.25) is 4.79 Å². The molecule has 1 N–H and O–H groups in total. The average Bonchev–Trinajstić information content (AvgIpc) is 2.90. The summed E-state index contributed by atoms with van der Waals surface area (Å²) in [6.45, 7) is 0. The maximum Gasteiger partial charge on any atom is 0.250 e. The molecule has 8 heteroatoms. The lowest BCUT2D eigenvalue weighted by atomic mass is 9.61. The van der Waals surface area contributed by atoms with Gasteiger partial charge in [-0.05, 0) is 35.4 Å². The highest BCUT2D eigenvalue weighted by atomic mass is 19.3. The Balaban J connectivity index is 1.49. The van der Waals surface area contributed by atoms with Crippen LogP contribution in [0, 0.1) is 0 Å².